The monoisotopic (exact) mass is 420 g/mol. The van der Waals surface area contributed by atoms with Gasteiger partial charge in [0.25, 0.3) is 0 Å². The molecule has 1 fully saturated rings. The molecule has 2 aromatic carbocycles. The number of hydrogen-bond donors (Lipinski definition) is 1. The third-order valence-electron chi connectivity index (χ3n) is 6.25. The number of nitrogens with zero attached hydrogens (tertiary/aromatic N) is 1. The Hall–Kier alpha value is -2.42. The Labute approximate surface area is 187 Å². The van der Waals surface area contributed by atoms with Crippen LogP contribution < -0.4 is 5.73 Å². The van der Waals surface area contributed by atoms with Crippen LogP contribution in [0.25, 0.3) is 0 Å². The molecule has 0 radical (unpaired) electrons. The number of aliphatic imine (C=N–C) groups is 1. The molecule has 1 aliphatic carbocycles. The van der Waals surface area contributed by atoms with Crippen LogP contribution in [-0.2, 0) is 12.8 Å². The van der Waals surface area contributed by atoms with Crippen LogP contribution in [0.4, 0.5) is 10.1 Å². The highest BCUT2D eigenvalue weighted by molar-refractivity contribution is 5.97. The van der Waals surface area contributed by atoms with Gasteiger partial charge >= 0.3 is 0 Å². The number of aryl methyl sites for hydroxylation is 2. The minimum absolute atomic E-state index is 0.282. The molecule has 0 aliphatic heterocycles. The molecular formula is C28H37FN2. The van der Waals surface area contributed by atoms with Crippen molar-refractivity contribution < 1.29 is 4.39 Å². The smallest absolute Gasteiger partial charge is 0.148 e. The fourth-order valence-corrected chi connectivity index (χ4v) is 4.33. The second kappa shape index (κ2) is 11.3. The number of nitrogens with two attached hydrogens (primary N) is 1. The summed E-state index contributed by atoms with van der Waals surface area (Å²) in [4.78, 5) is 4.61. The molecule has 2 N–H and O–H groups in total. The van der Waals surface area contributed by atoms with Gasteiger partial charge in [-0.3, -0.25) is 4.99 Å². The average molecular weight is 421 g/mol. The van der Waals surface area contributed by atoms with Gasteiger partial charge in [0.15, 0.2) is 0 Å². The highest BCUT2D eigenvalue weighted by Gasteiger charge is 2.30. The number of hydrogen-bond acceptors (Lipinski definition) is 2. The molecule has 3 heteroatoms. The summed E-state index contributed by atoms with van der Waals surface area (Å²) in [6, 6.07) is 14.2. The van der Waals surface area contributed by atoms with Crippen molar-refractivity contribution in [2.24, 2.45) is 16.6 Å². The average Bonchev–Trinajstić information content (AvgIpc) is 3.60. The number of benzene rings is 2. The molecule has 3 rings (SSSR count). The van der Waals surface area contributed by atoms with Crippen LogP contribution >= 0.6 is 0 Å². The van der Waals surface area contributed by atoms with E-state index in [0.717, 1.165) is 55.0 Å². The van der Waals surface area contributed by atoms with Crippen LogP contribution in [0.5, 0.6) is 0 Å². The maximum absolute atomic E-state index is 14.2. The zero-order valence-corrected chi connectivity index (χ0v) is 19.3. The van der Waals surface area contributed by atoms with Crippen LogP contribution in [0.1, 0.15) is 81.9 Å². The first-order valence-electron chi connectivity index (χ1n) is 11.9. The fourth-order valence-electron chi connectivity index (χ4n) is 4.33. The topological polar surface area (TPSA) is 38.4 Å². The SMILES string of the molecule is CCCC(C=C(N)CCc1cccc(C(CC)C2CC2)c1)=Nc1cc(CC)ccc1F. The fraction of sp³-hybridized carbons (Fsp3) is 0.464. The van der Waals surface area contributed by atoms with Crippen LogP contribution in [0.2, 0.25) is 0 Å². The quantitative estimate of drug-likeness (QED) is 0.373. The molecule has 0 aromatic heterocycles. The van der Waals surface area contributed by atoms with Crippen molar-refractivity contribution in [3.63, 3.8) is 0 Å². The van der Waals surface area contributed by atoms with Crippen molar-refractivity contribution in [3.8, 4) is 0 Å². The van der Waals surface area contributed by atoms with Crippen molar-refractivity contribution in [1.82, 2.24) is 0 Å². The van der Waals surface area contributed by atoms with Gasteiger partial charge in [-0.25, -0.2) is 4.39 Å². The first-order chi connectivity index (χ1) is 15.0. The van der Waals surface area contributed by atoms with Gasteiger partial charge in [-0.05, 0) is 91.7 Å². The molecule has 1 unspecified atom stereocenters. The molecule has 1 saturated carbocycles. The van der Waals surface area contributed by atoms with E-state index in [1.54, 1.807) is 0 Å². The summed E-state index contributed by atoms with van der Waals surface area (Å²) in [6.07, 6.45) is 10.2. The summed E-state index contributed by atoms with van der Waals surface area (Å²) in [6.45, 7) is 6.46. The summed E-state index contributed by atoms with van der Waals surface area (Å²) < 4.78 is 14.2. The summed E-state index contributed by atoms with van der Waals surface area (Å²) in [5, 5.41) is 0. The molecule has 0 spiro atoms. The Balaban J connectivity index is 1.70. The van der Waals surface area contributed by atoms with Gasteiger partial charge in [-0.1, -0.05) is 57.5 Å². The van der Waals surface area contributed by atoms with E-state index in [-0.39, 0.29) is 5.82 Å². The van der Waals surface area contributed by atoms with E-state index in [1.807, 2.05) is 18.2 Å². The zero-order valence-electron chi connectivity index (χ0n) is 19.3. The summed E-state index contributed by atoms with van der Waals surface area (Å²) in [5.74, 6) is 1.30. The normalized spacial score (nSPS) is 15.9. The van der Waals surface area contributed by atoms with E-state index >= 15 is 0 Å². The molecule has 166 valence electrons. The van der Waals surface area contributed by atoms with Gasteiger partial charge < -0.3 is 5.73 Å². The number of rotatable bonds is 11. The lowest BCUT2D eigenvalue weighted by Gasteiger charge is -2.15. The minimum atomic E-state index is -0.282. The third-order valence-corrected chi connectivity index (χ3v) is 6.25. The second-order valence-electron chi connectivity index (χ2n) is 8.81. The molecule has 0 saturated heterocycles. The van der Waals surface area contributed by atoms with Crippen molar-refractivity contribution >= 4 is 11.4 Å². The van der Waals surface area contributed by atoms with E-state index in [2.05, 4.69) is 50.0 Å². The number of halogens is 1. The maximum Gasteiger partial charge on any atom is 0.148 e. The summed E-state index contributed by atoms with van der Waals surface area (Å²) in [5.41, 5.74) is 12.3. The van der Waals surface area contributed by atoms with Gasteiger partial charge in [0.2, 0.25) is 0 Å². The zero-order chi connectivity index (χ0) is 22.2. The van der Waals surface area contributed by atoms with Crippen LogP contribution in [0, 0.1) is 11.7 Å². The van der Waals surface area contributed by atoms with Crippen molar-refractivity contribution in [1.29, 1.82) is 0 Å². The van der Waals surface area contributed by atoms with E-state index in [1.165, 1.54) is 36.5 Å². The van der Waals surface area contributed by atoms with E-state index in [4.69, 9.17) is 5.73 Å². The molecule has 0 heterocycles. The summed E-state index contributed by atoms with van der Waals surface area (Å²) >= 11 is 0. The maximum atomic E-state index is 14.2. The predicted octanol–water partition coefficient (Wildman–Crippen LogP) is 7.64. The van der Waals surface area contributed by atoms with Crippen molar-refractivity contribution in [2.45, 2.75) is 78.1 Å². The lowest BCUT2D eigenvalue weighted by molar-refractivity contribution is 0.586. The van der Waals surface area contributed by atoms with Crippen molar-refractivity contribution in [3.05, 3.63) is 76.7 Å². The molecular weight excluding hydrogens is 383 g/mol. The Morgan fingerprint density at radius 3 is 2.58 bits per heavy atom. The molecule has 1 aliphatic rings. The molecule has 0 amide bonds. The Morgan fingerprint density at radius 2 is 1.90 bits per heavy atom. The molecule has 31 heavy (non-hydrogen) atoms. The number of allylic oxidation sites excluding steroid dienone is 2. The van der Waals surface area contributed by atoms with E-state index < -0.39 is 0 Å². The van der Waals surface area contributed by atoms with Gasteiger partial charge in [0.05, 0.1) is 5.69 Å². The minimum Gasteiger partial charge on any atom is -0.402 e. The molecule has 2 aromatic rings. The van der Waals surface area contributed by atoms with Gasteiger partial charge in [-0.15, -0.1) is 0 Å². The Bertz CT molecular complexity index is 924. The van der Waals surface area contributed by atoms with E-state index in [0.29, 0.717) is 11.6 Å². The Morgan fingerprint density at radius 1 is 1.10 bits per heavy atom. The lowest BCUT2D eigenvalue weighted by Crippen LogP contribution is -2.05. The third kappa shape index (κ3) is 6.78. The molecule has 2 nitrogen and oxygen atoms in total. The first kappa shape index (κ1) is 23.2. The highest BCUT2D eigenvalue weighted by Crippen LogP contribution is 2.44. The Kier molecular flexibility index (Phi) is 8.45. The van der Waals surface area contributed by atoms with Crippen molar-refractivity contribution in [2.75, 3.05) is 0 Å². The predicted molar refractivity (Wildman–Crippen MR) is 131 cm³/mol. The van der Waals surface area contributed by atoms with Crippen LogP contribution in [-0.4, -0.2) is 5.71 Å². The second-order valence-corrected chi connectivity index (χ2v) is 8.81. The lowest BCUT2D eigenvalue weighted by atomic mass is 9.90. The van der Waals surface area contributed by atoms with Gasteiger partial charge in [0.1, 0.15) is 5.82 Å². The molecule has 0 bridgehead atoms. The van der Waals surface area contributed by atoms with Crippen LogP contribution in [0.15, 0.2) is 59.2 Å². The first-order valence-corrected chi connectivity index (χ1v) is 11.9. The largest absolute Gasteiger partial charge is 0.402 e. The standard InChI is InChI=1S/C28H37FN2/c1-4-8-25(31-28-18-20(5-2)12-16-27(28)29)19-24(30)15-11-21-9-7-10-23(17-21)26(6-3)22-13-14-22/h7,9-10,12,16-19,22,26H,4-6,8,11,13-15,30H2,1-3H3. The summed E-state index contributed by atoms with van der Waals surface area (Å²) in [7, 11) is 0. The van der Waals surface area contributed by atoms with E-state index in [9.17, 15) is 4.39 Å². The van der Waals surface area contributed by atoms with Gasteiger partial charge in [0, 0.05) is 11.4 Å². The molecule has 1 atom stereocenters. The highest BCUT2D eigenvalue weighted by atomic mass is 19.1. The van der Waals surface area contributed by atoms with Crippen LogP contribution in [0.3, 0.4) is 0 Å². The van der Waals surface area contributed by atoms with Gasteiger partial charge in [-0.2, -0.15) is 0 Å².